The summed E-state index contributed by atoms with van der Waals surface area (Å²) in [5.41, 5.74) is 1.32. The standard InChI is InChI=1S/C20H24ClNO2S/c1-3-4-16-5-9-18(10-6-16)24-14-13-22-20(23)15(2)25-19-11-7-17(21)8-12-19/h5-12,15H,3-4,13-14H2,1-2H3,(H,22,23). The van der Waals surface area contributed by atoms with E-state index in [1.165, 1.54) is 17.3 Å². The summed E-state index contributed by atoms with van der Waals surface area (Å²) in [6.45, 7) is 5.00. The van der Waals surface area contributed by atoms with Crippen molar-refractivity contribution in [1.82, 2.24) is 5.32 Å². The molecule has 2 aromatic carbocycles. The van der Waals surface area contributed by atoms with Gasteiger partial charge in [-0.05, 0) is 55.3 Å². The SMILES string of the molecule is CCCc1ccc(OCCNC(=O)C(C)Sc2ccc(Cl)cc2)cc1. The normalized spacial score (nSPS) is 11.8. The lowest BCUT2D eigenvalue weighted by atomic mass is 10.1. The first kappa shape index (κ1) is 19.7. The van der Waals surface area contributed by atoms with Crippen molar-refractivity contribution in [3.8, 4) is 5.75 Å². The minimum absolute atomic E-state index is 0.00171. The zero-order chi connectivity index (χ0) is 18.1. The highest BCUT2D eigenvalue weighted by atomic mass is 35.5. The van der Waals surface area contributed by atoms with Crippen molar-refractivity contribution in [2.75, 3.05) is 13.2 Å². The van der Waals surface area contributed by atoms with Gasteiger partial charge in [-0.1, -0.05) is 37.1 Å². The molecule has 0 aliphatic carbocycles. The van der Waals surface area contributed by atoms with E-state index in [9.17, 15) is 4.79 Å². The average molecular weight is 378 g/mol. The first-order valence-electron chi connectivity index (χ1n) is 8.50. The van der Waals surface area contributed by atoms with Crippen molar-refractivity contribution in [1.29, 1.82) is 0 Å². The maximum absolute atomic E-state index is 12.1. The summed E-state index contributed by atoms with van der Waals surface area (Å²) < 4.78 is 5.66. The Bertz CT molecular complexity index is 658. The number of carbonyl (C=O) groups is 1. The Hall–Kier alpha value is -1.65. The van der Waals surface area contributed by atoms with Gasteiger partial charge in [0.15, 0.2) is 0 Å². The number of carbonyl (C=O) groups excluding carboxylic acids is 1. The van der Waals surface area contributed by atoms with E-state index < -0.39 is 0 Å². The Kier molecular flexibility index (Phi) is 8.16. The molecular formula is C20H24ClNO2S. The topological polar surface area (TPSA) is 38.3 Å². The van der Waals surface area contributed by atoms with Gasteiger partial charge < -0.3 is 10.1 Å². The fraction of sp³-hybridized carbons (Fsp3) is 0.350. The number of ether oxygens (including phenoxy) is 1. The van der Waals surface area contributed by atoms with Gasteiger partial charge in [0.1, 0.15) is 12.4 Å². The van der Waals surface area contributed by atoms with Crippen LogP contribution in [0.25, 0.3) is 0 Å². The second kappa shape index (κ2) is 10.4. The molecule has 0 aliphatic heterocycles. The van der Waals surface area contributed by atoms with E-state index in [4.69, 9.17) is 16.3 Å². The molecular weight excluding hydrogens is 354 g/mol. The van der Waals surface area contributed by atoms with Crippen LogP contribution in [-0.2, 0) is 11.2 Å². The molecule has 0 aliphatic rings. The fourth-order valence-electron chi connectivity index (χ4n) is 2.30. The van der Waals surface area contributed by atoms with Crippen LogP contribution in [0.1, 0.15) is 25.8 Å². The van der Waals surface area contributed by atoms with Crippen molar-refractivity contribution in [3.63, 3.8) is 0 Å². The van der Waals surface area contributed by atoms with Gasteiger partial charge in [0.2, 0.25) is 5.91 Å². The summed E-state index contributed by atoms with van der Waals surface area (Å²) in [5, 5.41) is 3.43. The third-order valence-corrected chi connectivity index (χ3v) is 4.99. The molecule has 0 bridgehead atoms. The predicted molar refractivity (Wildman–Crippen MR) is 106 cm³/mol. The second-order valence-electron chi connectivity index (χ2n) is 5.75. The molecule has 0 aromatic heterocycles. The van der Waals surface area contributed by atoms with E-state index in [-0.39, 0.29) is 11.2 Å². The van der Waals surface area contributed by atoms with Gasteiger partial charge in [0.25, 0.3) is 0 Å². The smallest absolute Gasteiger partial charge is 0.233 e. The van der Waals surface area contributed by atoms with Crippen molar-refractivity contribution in [2.45, 2.75) is 36.8 Å². The van der Waals surface area contributed by atoms with Crippen LogP contribution < -0.4 is 10.1 Å². The molecule has 1 unspecified atom stereocenters. The van der Waals surface area contributed by atoms with Gasteiger partial charge in [0, 0.05) is 9.92 Å². The molecule has 2 aromatic rings. The third-order valence-electron chi connectivity index (χ3n) is 3.63. The Morgan fingerprint density at radius 1 is 1.16 bits per heavy atom. The van der Waals surface area contributed by atoms with Crippen LogP contribution >= 0.6 is 23.4 Å². The molecule has 134 valence electrons. The average Bonchev–Trinajstić information content (AvgIpc) is 2.62. The first-order valence-corrected chi connectivity index (χ1v) is 9.76. The molecule has 1 amide bonds. The molecule has 0 heterocycles. The number of aryl methyl sites for hydroxylation is 1. The van der Waals surface area contributed by atoms with Gasteiger partial charge in [-0.2, -0.15) is 0 Å². The lowest BCUT2D eigenvalue weighted by Gasteiger charge is -2.13. The number of amides is 1. The summed E-state index contributed by atoms with van der Waals surface area (Å²) in [6, 6.07) is 15.6. The molecule has 0 fully saturated rings. The zero-order valence-electron chi connectivity index (χ0n) is 14.6. The summed E-state index contributed by atoms with van der Waals surface area (Å²) in [4.78, 5) is 13.2. The van der Waals surface area contributed by atoms with Crippen LogP contribution in [0.4, 0.5) is 0 Å². The highest BCUT2D eigenvalue weighted by Crippen LogP contribution is 2.24. The molecule has 0 spiro atoms. The van der Waals surface area contributed by atoms with Gasteiger partial charge in [0.05, 0.1) is 11.8 Å². The Morgan fingerprint density at radius 2 is 1.84 bits per heavy atom. The Balaban J connectivity index is 1.68. The Labute approximate surface area is 159 Å². The number of benzene rings is 2. The highest BCUT2D eigenvalue weighted by molar-refractivity contribution is 8.00. The molecule has 25 heavy (non-hydrogen) atoms. The predicted octanol–water partition coefficient (Wildman–Crippen LogP) is 4.97. The molecule has 0 saturated heterocycles. The summed E-state index contributed by atoms with van der Waals surface area (Å²) >= 11 is 7.38. The maximum atomic E-state index is 12.1. The number of nitrogens with one attached hydrogen (secondary N) is 1. The van der Waals surface area contributed by atoms with Crippen molar-refractivity contribution >= 4 is 29.3 Å². The van der Waals surface area contributed by atoms with Gasteiger partial charge in [-0.3, -0.25) is 4.79 Å². The van der Waals surface area contributed by atoms with E-state index in [1.54, 1.807) is 0 Å². The van der Waals surface area contributed by atoms with E-state index in [1.807, 2.05) is 43.3 Å². The minimum Gasteiger partial charge on any atom is -0.492 e. The molecule has 0 radical (unpaired) electrons. The van der Waals surface area contributed by atoms with Crippen LogP contribution in [0.5, 0.6) is 5.75 Å². The van der Waals surface area contributed by atoms with Crippen LogP contribution in [0, 0.1) is 0 Å². The zero-order valence-corrected chi connectivity index (χ0v) is 16.2. The number of thioether (sulfide) groups is 1. The van der Waals surface area contributed by atoms with E-state index in [0.717, 1.165) is 23.5 Å². The third kappa shape index (κ3) is 7.00. The molecule has 2 rings (SSSR count). The second-order valence-corrected chi connectivity index (χ2v) is 7.60. The number of halogens is 1. The largest absolute Gasteiger partial charge is 0.492 e. The molecule has 1 N–H and O–H groups in total. The van der Waals surface area contributed by atoms with E-state index >= 15 is 0 Å². The van der Waals surface area contributed by atoms with Crippen molar-refractivity contribution in [2.24, 2.45) is 0 Å². The molecule has 0 saturated carbocycles. The van der Waals surface area contributed by atoms with Gasteiger partial charge in [-0.25, -0.2) is 0 Å². The summed E-state index contributed by atoms with van der Waals surface area (Å²) in [7, 11) is 0. The molecule has 3 nitrogen and oxygen atoms in total. The number of hydrogen-bond donors (Lipinski definition) is 1. The minimum atomic E-state index is -0.172. The Morgan fingerprint density at radius 3 is 2.48 bits per heavy atom. The van der Waals surface area contributed by atoms with Crippen LogP contribution in [0.3, 0.4) is 0 Å². The lowest BCUT2D eigenvalue weighted by Crippen LogP contribution is -2.33. The summed E-state index contributed by atoms with van der Waals surface area (Å²) in [5.74, 6) is 0.833. The fourth-order valence-corrected chi connectivity index (χ4v) is 3.32. The van der Waals surface area contributed by atoms with Crippen molar-refractivity contribution < 1.29 is 9.53 Å². The van der Waals surface area contributed by atoms with Gasteiger partial charge in [-0.15, -0.1) is 11.8 Å². The van der Waals surface area contributed by atoms with Crippen LogP contribution in [-0.4, -0.2) is 24.3 Å². The number of hydrogen-bond acceptors (Lipinski definition) is 3. The van der Waals surface area contributed by atoms with Crippen molar-refractivity contribution in [3.05, 3.63) is 59.1 Å². The molecule has 5 heteroatoms. The van der Waals surface area contributed by atoms with Gasteiger partial charge >= 0.3 is 0 Å². The quantitative estimate of drug-likeness (QED) is 0.495. The lowest BCUT2D eigenvalue weighted by molar-refractivity contribution is -0.120. The molecule has 1 atom stereocenters. The van der Waals surface area contributed by atoms with Crippen LogP contribution in [0.2, 0.25) is 5.02 Å². The monoisotopic (exact) mass is 377 g/mol. The highest BCUT2D eigenvalue weighted by Gasteiger charge is 2.13. The van der Waals surface area contributed by atoms with Crippen LogP contribution in [0.15, 0.2) is 53.4 Å². The van der Waals surface area contributed by atoms with E-state index in [2.05, 4.69) is 24.4 Å². The summed E-state index contributed by atoms with van der Waals surface area (Å²) in [6.07, 6.45) is 2.22. The maximum Gasteiger partial charge on any atom is 0.233 e. The first-order chi connectivity index (χ1) is 12.1. The van der Waals surface area contributed by atoms with E-state index in [0.29, 0.717) is 18.2 Å². The number of rotatable bonds is 9.